The van der Waals surface area contributed by atoms with Gasteiger partial charge in [0.15, 0.2) is 5.82 Å². The number of nitrogens with zero attached hydrogens (tertiary/aromatic N) is 3. The van der Waals surface area contributed by atoms with Crippen molar-refractivity contribution in [2.45, 2.75) is 0 Å². The summed E-state index contributed by atoms with van der Waals surface area (Å²) in [6.07, 6.45) is 1.59. The number of fused-ring (bicyclic) bond motifs is 1. The van der Waals surface area contributed by atoms with Crippen LogP contribution in [0.15, 0.2) is 65.8 Å². The molecule has 1 heterocycles. The molecule has 2 N–H and O–H groups in total. The van der Waals surface area contributed by atoms with Crippen LogP contribution in [0.5, 0.6) is 5.75 Å². The summed E-state index contributed by atoms with van der Waals surface area (Å²) in [5.74, 6) is 0.707. The lowest BCUT2D eigenvalue weighted by Gasteiger charge is -2.05. The van der Waals surface area contributed by atoms with Gasteiger partial charge in [0.1, 0.15) is 5.75 Å². The van der Waals surface area contributed by atoms with Crippen LogP contribution in [-0.4, -0.2) is 26.2 Å². The van der Waals surface area contributed by atoms with E-state index in [1.54, 1.807) is 24.4 Å². The molecule has 26 heavy (non-hydrogen) atoms. The van der Waals surface area contributed by atoms with E-state index in [0.717, 1.165) is 16.3 Å². The van der Waals surface area contributed by atoms with Crippen molar-refractivity contribution >= 4 is 40.8 Å². The standard InChI is InChI=1S/C19H13ClN4OS/c20-14-8-5-13(6-9-14)18-22-23-19(26)24(18)21-11-16-15-4-2-1-3-12(15)7-10-17(16)25/h1-11,25H,(H,23,26)/b21-11-. The Kier molecular flexibility index (Phi) is 4.28. The lowest BCUT2D eigenvalue weighted by molar-refractivity contribution is 0.475. The molecule has 0 amide bonds. The summed E-state index contributed by atoms with van der Waals surface area (Å²) in [6, 6.07) is 18.5. The van der Waals surface area contributed by atoms with Gasteiger partial charge in [0.2, 0.25) is 4.77 Å². The molecule has 0 fully saturated rings. The Morgan fingerprint density at radius 2 is 1.85 bits per heavy atom. The number of halogens is 1. The lowest BCUT2D eigenvalue weighted by atomic mass is 10.0. The molecule has 7 heteroatoms. The fraction of sp³-hybridized carbons (Fsp3) is 0. The Labute approximate surface area is 159 Å². The number of H-pyrrole nitrogens is 1. The number of benzene rings is 3. The Hall–Kier alpha value is -2.96. The van der Waals surface area contributed by atoms with Gasteiger partial charge in [-0.15, -0.1) is 0 Å². The molecule has 0 saturated heterocycles. The van der Waals surface area contributed by atoms with Crippen molar-refractivity contribution in [3.05, 3.63) is 76.0 Å². The van der Waals surface area contributed by atoms with Gasteiger partial charge in [-0.1, -0.05) is 41.9 Å². The minimum atomic E-state index is 0.149. The van der Waals surface area contributed by atoms with E-state index >= 15 is 0 Å². The van der Waals surface area contributed by atoms with Crippen molar-refractivity contribution in [3.8, 4) is 17.1 Å². The SMILES string of the molecule is Oc1ccc2ccccc2c1/C=N\n1c(-c2ccc(Cl)cc2)n[nH]c1=S. The third kappa shape index (κ3) is 3.00. The molecule has 0 aliphatic carbocycles. The number of hydrogen-bond acceptors (Lipinski definition) is 4. The number of nitrogens with one attached hydrogen (secondary N) is 1. The van der Waals surface area contributed by atoms with E-state index in [4.69, 9.17) is 23.8 Å². The fourth-order valence-electron chi connectivity index (χ4n) is 2.72. The second-order valence-electron chi connectivity index (χ2n) is 5.64. The maximum Gasteiger partial charge on any atom is 0.216 e. The van der Waals surface area contributed by atoms with E-state index in [0.29, 0.717) is 21.2 Å². The normalized spacial score (nSPS) is 11.4. The minimum absolute atomic E-state index is 0.149. The molecule has 0 spiro atoms. The Morgan fingerprint density at radius 1 is 1.08 bits per heavy atom. The average Bonchev–Trinajstić information content (AvgIpc) is 3.02. The van der Waals surface area contributed by atoms with E-state index in [2.05, 4.69) is 15.3 Å². The average molecular weight is 381 g/mol. The summed E-state index contributed by atoms with van der Waals surface area (Å²) >= 11 is 11.2. The zero-order valence-electron chi connectivity index (χ0n) is 13.4. The second kappa shape index (κ2) is 6.74. The molecule has 0 aliphatic heterocycles. The van der Waals surface area contributed by atoms with Gasteiger partial charge in [0, 0.05) is 16.1 Å². The van der Waals surface area contributed by atoms with E-state index < -0.39 is 0 Å². The highest BCUT2D eigenvalue weighted by molar-refractivity contribution is 7.71. The highest BCUT2D eigenvalue weighted by Gasteiger charge is 2.09. The van der Waals surface area contributed by atoms with E-state index in [1.165, 1.54) is 4.68 Å². The maximum atomic E-state index is 10.3. The molecule has 0 atom stereocenters. The highest BCUT2D eigenvalue weighted by Crippen LogP contribution is 2.26. The van der Waals surface area contributed by atoms with Crippen LogP contribution in [0.1, 0.15) is 5.56 Å². The predicted octanol–water partition coefficient (Wildman–Crippen LogP) is 5.00. The van der Waals surface area contributed by atoms with Crippen molar-refractivity contribution in [1.29, 1.82) is 0 Å². The molecule has 0 saturated carbocycles. The number of aromatic amines is 1. The summed E-state index contributed by atoms with van der Waals surface area (Å²) in [6.45, 7) is 0. The zero-order valence-corrected chi connectivity index (χ0v) is 15.0. The Balaban J connectivity index is 1.82. The number of phenols is 1. The van der Waals surface area contributed by atoms with Crippen LogP contribution in [0.2, 0.25) is 5.02 Å². The molecule has 0 radical (unpaired) electrons. The van der Waals surface area contributed by atoms with Crippen LogP contribution in [0.3, 0.4) is 0 Å². The van der Waals surface area contributed by atoms with Crippen LogP contribution in [0, 0.1) is 4.77 Å². The molecule has 4 rings (SSSR count). The molecule has 0 bridgehead atoms. The first kappa shape index (κ1) is 16.5. The van der Waals surface area contributed by atoms with Crippen LogP contribution >= 0.6 is 23.8 Å². The van der Waals surface area contributed by atoms with E-state index in [9.17, 15) is 5.11 Å². The molecule has 0 aliphatic rings. The van der Waals surface area contributed by atoms with Gasteiger partial charge in [-0.3, -0.25) is 0 Å². The van der Waals surface area contributed by atoms with Gasteiger partial charge >= 0.3 is 0 Å². The summed E-state index contributed by atoms with van der Waals surface area (Å²) < 4.78 is 1.87. The first-order valence-corrected chi connectivity index (χ1v) is 8.60. The first-order valence-electron chi connectivity index (χ1n) is 7.82. The first-order chi connectivity index (χ1) is 12.6. The van der Waals surface area contributed by atoms with Crippen LogP contribution in [-0.2, 0) is 0 Å². The van der Waals surface area contributed by atoms with Crippen LogP contribution in [0.25, 0.3) is 22.2 Å². The second-order valence-corrected chi connectivity index (χ2v) is 6.46. The number of aromatic hydroxyl groups is 1. The molecular weight excluding hydrogens is 368 g/mol. The highest BCUT2D eigenvalue weighted by atomic mass is 35.5. The smallest absolute Gasteiger partial charge is 0.216 e. The Bertz CT molecular complexity index is 1180. The summed E-state index contributed by atoms with van der Waals surface area (Å²) in [5.41, 5.74) is 1.44. The monoisotopic (exact) mass is 380 g/mol. The summed E-state index contributed by atoms with van der Waals surface area (Å²) in [5, 5.41) is 24.2. The number of aromatic nitrogens is 3. The van der Waals surface area contributed by atoms with Crippen molar-refractivity contribution in [3.63, 3.8) is 0 Å². The topological polar surface area (TPSA) is 66.2 Å². The minimum Gasteiger partial charge on any atom is -0.507 e. The van der Waals surface area contributed by atoms with Gasteiger partial charge in [0.05, 0.1) is 6.21 Å². The van der Waals surface area contributed by atoms with Crippen LogP contribution in [0.4, 0.5) is 0 Å². The predicted molar refractivity (Wildman–Crippen MR) is 106 cm³/mol. The van der Waals surface area contributed by atoms with Crippen molar-refractivity contribution < 1.29 is 5.11 Å². The molecule has 3 aromatic carbocycles. The quantitative estimate of drug-likeness (QED) is 0.388. The molecular formula is C19H13ClN4OS. The Morgan fingerprint density at radius 3 is 2.65 bits per heavy atom. The van der Waals surface area contributed by atoms with Gasteiger partial charge in [-0.2, -0.15) is 14.9 Å². The third-order valence-corrected chi connectivity index (χ3v) is 4.52. The van der Waals surface area contributed by atoms with Gasteiger partial charge in [-0.05, 0) is 53.3 Å². The number of phenolic OH excluding ortho intramolecular Hbond substituents is 1. The molecule has 5 nitrogen and oxygen atoms in total. The van der Waals surface area contributed by atoms with Crippen molar-refractivity contribution in [2.75, 3.05) is 0 Å². The van der Waals surface area contributed by atoms with Gasteiger partial charge in [0.25, 0.3) is 0 Å². The van der Waals surface area contributed by atoms with E-state index in [1.807, 2.05) is 42.5 Å². The molecule has 4 aromatic rings. The van der Waals surface area contributed by atoms with Crippen LogP contribution < -0.4 is 0 Å². The van der Waals surface area contributed by atoms with Crippen molar-refractivity contribution in [2.24, 2.45) is 5.10 Å². The summed E-state index contributed by atoms with van der Waals surface area (Å²) in [4.78, 5) is 0. The van der Waals surface area contributed by atoms with Gasteiger partial charge < -0.3 is 5.11 Å². The maximum absolute atomic E-state index is 10.3. The lowest BCUT2D eigenvalue weighted by Crippen LogP contribution is -1.96. The number of rotatable bonds is 3. The summed E-state index contributed by atoms with van der Waals surface area (Å²) in [7, 11) is 0. The fourth-order valence-corrected chi connectivity index (χ4v) is 3.03. The largest absolute Gasteiger partial charge is 0.507 e. The molecule has 128 valence electrons. The van der Waals surface area contributed by atoms with Crippen molar-refractivity contribution in [1.82, 2.24) is 14.9 Å². The molecule has 1 aromatic heterocycles. The zero-order chi connectivity index (χ0) is 18.1. The van der Waals surface area contributed by atoms with E-state index in [-0.39, 0.29) is 5.75 Å². The molecule has 0 unspecified atom stereocenters. The number of hydrogen-bond donors (Lipinski definition) is 2. The third-order valence-electron chi connectivity index (χ3n) is 4.00. The van der Waals surface area contributed by atoms with Gasteiger partial charge in [-0.25, -0.2) is 5.10 Å².